The first kappa shape index (κ1) is 19.5. The van der Waals surface area contributed by atoms with Crippen LogP contribution in [0, 0.1) is 0 Å². The molecule has 1 aromatic rings. The van der Waals surface area contributed by atoms with Gasteiger partial charge in [-0.15, -0.1) is 11.8 Å². The number of hydrogen-bond donors (Lipinski definition) is 0. The topological polar surface area (TPSA) is 55.8 Å². The van der Waals surface area contributed by atoms with Crippen LogP contribution in [0.25, 0.3) is 5.57 Å². The van der Waals surface area contributed by atoms with E-state index in [9.17, 15) is 9.59 Å². The molecule has 0 spiro atoms. The number of rotatable bonds is 9. The number of nitrogens with zero attached hydrogens (tertiary/aromatic N) is 1. The molecule has 2 amide bonds. The number of methoxy groups -OCH3 is 1. The molecule has 0 bridgehead atoms. The fourth-order valence-electron chi connectivity index (χ4n) is 2.67. The smallest absolute Gasteiger partial charge is 0.267 e. The molecule has 0 unspecified atom stereocenters. The number of hydrogen-bond acceptors (Lipinski definition) is 5. The Morgan fingerprint density at radius 1 is 1.16 bits per heavy atom. The summed E-state index contributed by atoms with van der Waals surface area (Å²) in [7, 11) is 1.56. The molecule has 0 aliphatic carbocycles. The lowest BCUT2D eigenvalue weighted by molar-refractivity contribution is -0.136. The van der Waals surface area contributed by atoms with Gasteiger partial charge in [-0.25, -0.2) is 0 Å². The molecule has 0 radical (unpaired) electrons. The van der Waals surface area contributed by atoms with E-state index < -0.39 is 0 Å². The van der Waals surface area contributed by atoms with Crippen molar-refractivity contribution >= 4 is 29.1 Å². The largest absolute Gasteiger partial charge is 0.496 e. The molecule has 6 heteroatoms. The summed E-state index contributed by atoms with van der Waals surface area (Å²) in [6.07, 6.45) is 0.761. The van der Waals surface area contributed by atoms with Gasteiger partial charge in [0.2, 0.25) is 0 Å². The lowest BCUT2D eigenvalue weighted by atomic mass is 10.1. The Bertz CT molecular complexity index is 669. The van der Waals surface area contributed by atoms with E-state index in [0.717, 1.165) is 5.75 Å². The van der Waals surface area contributed by atoms with Gasteiger partial charge in [0, 0.05) is 18.7 Å². The van der Waals surface area contributed by atoms with E-state index >= 15 is 0 Å². The Hall–Kier alpha value is -1.79. The van der Waals surface area contributed by atoms with Crippen LogP contribution in [0.15, 0.2) is 29.2 Å². The summed E-state index contributed by atoms with van der Waals surface area (Å²) < 4.78 is 10.9. The maximum absolute atomic E-state index is 12.9. The molecule has 1 heterocycles. The predicted octanol–water partition coefficient (Wildman–Crippen LogP) is 3.34. The summed E-state index contributed by atoms with van der Waals surface area (Å²) in [5, 5.41) is 0. The second-order valence-electron chi connectivity index (χ2n) is 5.87. The highest BCUT2D eigenvalue weighted by Gasteiger charge is 2.39. The predicted molar refractivity (Wildman–Crippen MR) is 100 cm³/mol. The molecule has 25 heavy (non-hydrogen) atoms. The number of imide groups is 1. The van der Waals surface area contributed by atoms with Gasteiger partial charge in [0.1, 0.15) is 5.75 Å². The minimum atomic E-state index is -0.255. The summed E-state index contributed by atoms with van der Waals surface area (Å²) >= 11 is 1.40. The van der Waals surface area contributed by atoms with Gasteiger partial charge in [-0.1, -0.05) is 25.1 Å². The monoisotopic (exact) mass is 363 g/mol. The third-order valence-electron chi connectivity index (χ3n) is 3.77. The zero-order chi connectivity index (χ0) is 18.4. The average molecular weight is 363 g/mol. The molecular formula is C19H25NO4S. The minimum absolute atomic E-state index is 0.137. The molecule has 0 saturated carbocycles. The quantitative estimate of drug-likeness (QED) is 0.497. The van der Waals surface area contributed by atoms with Crippen molar-refractivity contribution in [2.75, 3.05) is 26.0 Å². The van der Waals surface area contributed by atoms with E-state index in [-0.39, 0.29) is 17.9 Å². The highest BCUT2D eigenvalue weighted by atomic mass is 32.2. The van der Waals surface area contributed by atoms with Crippen LogP contribution in [0.5, 0.6) is 5.75 Å². The second-order valence-corrected chi connectivity index (χ2v) is 7.15. The maximum Gasteiger partial charge on any atom is 0.267 e. The summed E-state index contributed by atoms with van der Waals surface area (Å²) in [5.41, 5.74) is 1.11. The number of para-hydroxylation sites is 1. The summed E-state index contributed by atoms with van der Waals surface area (Å²) in [6.45, 7) is 6.77. The number of amides is 2. The molecule has 136 valence electrons. The van der Waals surface area contributed by atoms with E-state index in [1.54, 1.807) is 13.2 Å². The number of benzene rings is 1. The van der Waals surface area contributed by atoms with Crippen molar-refractivity contribution < 1.29 is 19.1 Å². The third kappa shape index (κ3) is 4.44. The van der Waals surface area contributed by atoms with Gasteiger partial charge in [-0.3, -0.25) is 14.5 Å². The average Bonchev–Trinajstić information content (AvgIpc) is 2.82. The van der Waals surface area contributed by atoms with E-state index in [1.807, 2.05) is 39.0 Å². The molecule has 2 rings (SSSR count). The molecule has 0 aromatic heterocycles. The maximum atomic E-state index is 12.9. The van der Waals surface area contributed by atoms with Crippen LogP contribution in [0.3, 0.4) is 0 Å². The lowest BCUT2D eigenvalue weighted by Gasteiger charge is -2.16. The van der Waals surface area contributed by atoms with Crippen molar-refractivity contribution in [3.05, 3.63) is 34.7 Å². The zero-order valence-electron chi connectivity index (χ0n) is 15.2. The van der Waals surface area contributed by atoms with E-state index in [2.05, 4.69) is 0 Å². The van der Waals surface area contributed by atoms with Gasteiger partial charge in [0.15, 0.2) is 0 Å². The Balaban J connectivity index is 2.26. The number of carbonyl (C=O) groups is 2. The van der Waals surface area contributed by atoms with Crippen LogP contribution >= 0.6 is 11.8 Å². The lowest BCUT2D eigenvalue weighted by Crippen LogP contribution is -2.33. The van der Waals surface area contributed by atoms with Crippen molar-refractivity contribution in [3.63, 3.8) is 0 Å². The number of carbonyl (C=O) groups excluding carboxylic acids is 2. The molecular weight excluding hydrogens is 338 g/mol. The Morgan fingerprint density at radius 3 is 2.52 bits per heavy atom. The molecule has 1 aromatic carbocycles. The molecule has 1 aliphatic heterocycles. The summed E-state index contributed by atoms with van der Waals surface area (Å²) in [4.78, 5) is 27.5. The molecule has 0 N–H and O–H groups in total. The van der Waals surface area contributed by atoms with Crippen LogP contribution in [0.2, 0.25) is 0 Å². The van der Waals surface area contributed by atoms with Gasteiger partial charge in [-0.05, 0) is 32.1 Å². The Morgan fingerprint density at radius 2 is 1.88 bits per heavy atom. The molecule has 0 saturated heterocycles. The van der Waals surface area contributed by atoms with E-state index in [4.69, 9.17) is 9.47 Å². The van der Waals surface area contributed by atoms with Crippen LogP contribution in [0.4, 0.5) is 0 Å². The number of thioether (sulfide) groups is 1. The normalized spacial score (nSPS) is 14.8. The van der Waals surface area contributed by atoms with Crippen LogP contribution in [-0.2, 0) is 14.3 Å². The highest BCUT2D eigenvalue weighted by molar-refractivity contribution is 8.04. The fraction of sp³-hybridized carbons (Fsp3) is 0.474. The first-order valence-electron chi connectivity index (χ1n) is 8.49. The molecule has 0 fully saturated rings. The van der Waals surface area contributed by atoms with Gasteiger partial charge in [0.05, 0.1) is 23.7 Å². The first-order valence-corrected chi connectivity index (χ1v) is 9.48. The van der Waals surface area contributed by atoms with Crippen LogP contribution in [0.1, 0.15) is 32.8 Å². The SMILES string of the molecule is CCSC1=C(c2ccccc2OC)C(=O)N(CCCOC(C)C)C1=O. The summed E-state index contributed by atoms with van der Waals surface area (Å²) in [5.74, 6) is 0.840. The number of ether oxygens (including phenoxy) is 2. The minimum Gasteiger partial charge on any atom is -0.496 e. The van der Waals surface area contributed by atoms with E-state index in [0.29, 0.717) is 41.4 Å². The Kier molecular flexibility index (Phi) is 7.08. The van der Waals surface area contributed by atoms with Crippen molar-refractivity contribution in [1.82, 2.24) is 4.90 Å². The van der Waals surface area contributed by atoms with Crippen LogP contribution in [-0.4, -0.2) is 48.8 Å². The molecule has 0 atom stereocenters. The van der Waals surface area contributed by atoms with Crippen molar-refractivity contribution in [2.24, 2.45) is 0 Å². The van der Waals surface area contributed by atoms with Crippen LogP contribution < -0.4 is 4.74 Å². The van der Waals surface area contributed by atoms with E-state index in [1.165, 1.54) is 16.7 Å². The Labute approximate surface area is 153 Å². The highest BCUT2D eigenvalue weighted by Crippen LogP contribution is 2.39. The standard InChI is InChI=1S/C19H25NO4S/c1-5-25-17-16(14-9-6-7-10-15(14)23-4)18(21)20(19(17)22)11-8-12-24-13(2)3/h6-7,9-10,13H,5,8,11-12H2,1-4H3. The van der Waals surface area contributed by atoms with Crippen molar-refractivity contribution in [3.8, 4) is 5.75 Å². The van der Waals surface area contributed by atoms with Gasteiger partial charge in [-0.2, -0.15) is 0 Å². The van der Waals surface area contributed by atoms with Gasteiger partial charge in [0.25, 0.3) is 11.8 Å². The van der Waals surface area contributed by atoms with Gasteiger partial charge >= 0.3 is 0 Å². The fourth-order valence-corrected chi connectivity index (χ4v) is 3.53. The first-order chi connectivity index (χ1) is 12.0. The molecule has 5 nitrogen and oxygen atoms in total. The van der Waals surface area contributed by atoms with Crippen molar-refractivity contribution in [1.29, 1.82) is 0 Å². The summed E-state index contributed by atoms with van der Waals surface area (Å²) in [6, 6.07) is 7.31. The van der Waals surface area contributed by atoms with Gasteiger partial charge < -0.3 is 9.47 Å². The van der Waals surface area contributed by atoms with Crippen molar-refractivity contribution in [2.45, 2.75) is 33.3 Å². The molecule has 1 aliphatic rings. The second kappa shape index (κ2) is 9.06. The third-order valence-corrected chi connectivity index (χ3v) is 4.72. The zero-order valence-corrected chi connectivity index (χ0v) is 16.0.